The van der Waals surface area contributed by atoms with Crippen molar-refractivity contribution in [1.82, 2.24) is 0 Å². The normalized spacial score (nSPS) is 12.4. The summed E-state index contributed by atoms with van der Waals surface area (Å²) in [4.78, 5) is 12.2. The van der Waals surface area contributed by atoms with Gasteiger partial charge in [-0.1, -0.05) is 12.1 Å². The van der Waals surface area contributed by atoms with Crippen LogP contribution in [0, 0.1) is 17.1 Å². The summed E-state index contributed by atoms with van der Waals surface area (Å²) in [5.74, 6) is 0.0431. The quantitative estimate of drug-likeness (QED) is 0.683. The molecule has 2 aromatic rings. The average molecular weight is 340 g/mol. The fourth-order valence-corrected chi connectivity index (χ4v) is 2.30. The molecule has 0 atom stereocenters. The van der Waals surface area contributed by atoms with Gasteiger partial charge in [-0.25, -0.2) is 4.39 Å². The second kappa shape index (κ2) is 6.93. The Bertz CT molecular complexity index is 902. The third-order valence-electron chi connectivity index (χ3n) is 3.48. The van der Waals surface area contributed by atoms with Crippen molar-refractivity contribution in [2.24, 2.45) is 0 Å². The van der Waals surface area contributed by atoms with E-state index in [9.17, 15) is 14.4 Å². The van der Waals surface area contributed by atoms with Crippen molar-refractivity contribution >= 4 is 17.7 Å². The zero-order valence-corrected chi connectivity index (χ0v) is 13.2. The van der Waals surface area contributed by atoms with E-state index < -0.39 is 11.7 Å². The minimum Gasteiger partial charge on any atom is -0.493 e. The lowest BCUT2D eigenvalue weighted by molar-refractivity contribution is -0.112. The van der Waals surface area contributed by atoms with Gasteiger partial charge in [-0.2, -0.15) is 5.26 Å². The summed E-state index contributed by atoms with van der Waals surface area (Å²) in [5.41, 5.74) is 0.322. The maximum atomic E-state index is 13.6. The number of carbonyl (C=O) groups is 1. The van der Waals surface area contributed by atoms with Crippen molar-refractivity contribution in [2.45, 2.75) is 0 Å². The molecule has 1 amide bonds. The zero-order valence-electron chi connectivity index (χ0n) is 13.2. The molecule has 0 bridgehead atoms. The second-order valence-corrected chi connectivity index (χ2v) is 5.06. The molecule has 0 unspecified atom stereocenters. The Kier molecular flexibility index (Phi) is 4.53. The molecule has 1 N–H and O–H groups in total. The number of halogens is 1. The Morgan fingerprint density at radius 3 is 2.88 bits per heavy atom. The summed E-state index contributed by atoms with van der Waals surface area (Å²) in [7, 11) is 1.47. The number of anilines is 1. The number of rotatable bonds is 4. The monoisotopic (exact) mass is 340 g/mol. The van der Waals surface area contributed by atoms with Gasteiger partial charge in [0, 0.05) is 0 Å². The summed E-state index contributed by atoms with van der Waals surface area (Å²) in [6.45, 7) is 0.0672. The number of ether oxygens (including phenoxy) is 3. The maximum Gasteiger partial charge on any atom is 0.266 e. The van der Waals surface area contributed by atoms with E-state index in [1.165, 1.54) is 31.4 Å². The van der Waals surface area contributed by atoms with E-state index in [0.29, 0.717) is 22.8 Å². The van der Waals surface area contributed by atoms with Gasteiger partial charge in [0.05, 0.1) is 12.8 Å². The van der Waals surface area contributed by atoms with Crippen LogP contribution in [-0.2, 0) is 4.79 Å². The van der Waals surface area contributed by atoms with Gasteiger partial charge >= 0.3 is 0 Å². The molecule has 0 aromatic heterocycles. The van der Waals surface area contributed by atoms with E-state index >= 15 is 0 Å². The van der Waals surface area contributed by atoms with Crippen LogP contribution in [0.4, 0.5) is 10.1 Å². The lowest BCUT2D eigenvalue weighted by Crippen LogP contribution is -2.14. The van der Waals surface area contributed by atoms with Gasteiger partial charge in [0.1, 0.15) is 17.5 Å². The third-order valence-corrected chi connectivity index (χ3v) is 3.48. The average Bonchev–Trinajstić information content (AvgIpc) is 3.09. The molecule has 25 heavy (non-hydrogen) atoms. The van der Waals surface area contributed by atoms with Crippen LogP contribution in [0.5, 0.6) is 17.2 Å². The first-order valence-electron chi connectivity index (χ1n) is 7.27. The van der Waals surface area contributed by atoms with Crippen molar-refractivity contribution in [3.63, 3.8) is 0 Å². The third kappa shape index (κ3) is 3.38. The largest absolute Gasteiger partial charge is 0.493 e. The van der Waals surface area contributed by atoms with E-state index in [4.69, 9.17) is 14.2 Å². The number of methoxy groups -OCH3 is 1. The van der Waals surface area contributed by atoms with Crippen LogP contribution in [-0.4, -0.2) is 19.8 Å². The highest BCUT2D eigenvalue weighted by Crippen LogP contribution is 2.42. The molecule has 0 saturated heterocycles. The van der Waals surface area contributed by atoms with Crippen molar-refractivity contribution in [1.29, 1.82) is 5.26 Å². The molecule has 1 aliphatic heterocycles. The Morgan fingerprint density at radius 2 is 2.16 bits per heavy atom. The number of amides is 1. The van der Waals surface area contributed by atoms with Crippen LogP contribution < -0.4 is 19.5 Å². The molecular formula is C18H13FN2O4. The number of fused-ring (bicyclic) bond motifs is 1. The van der Waals surface area contributed by atoms with E-state index in [1.807, 2.05) is 6.07 Å². The number of benzene rings is 2. The number of hydrogen-bond acceptors (Lipinski definition) is 5. The minimum atomic E-state index is -0.718. The number of nitriles is 1. The van der Waals surface area contributed by atoms with Gasteiger partial charge in [-0.05, 0) is 35.9 Å². The molecule has 3 rings (SSSR count). The molecule has 1 heterocycles. The summed E-state index contributed by atoms with van der Waals surface area (Å²) < 4.78 is 29.4. The molecule has 1 aliphatic rings. The number of nitrogens with one attached hydrogen (secondary N) is 1. The molecular weight excluding hydrogens is 327 g/mol. The van der Waals surface area contributed by atoms with Crippen LogP contribution >= 0.6 is 0 Å². The summed E-state index contributed by atoms with van der Waals surface area (Å²) >= 11 is 0. The summed E-state index contributed by atoms with van der Waals surface area (Å²) in [6.07, 6.45) is 1.36. The molecule has 2 aromatic carbocycles. The first-order valence-corrected chi connectivity index (χ1v) is 7.27. The Hall–Kier alpha value is -3.53. The summed E-state index contributed by atoms with van der Waals surface area (Å²) in [6, 6.07) is 10.8. The SMILES string of the molecule is COc1cc(/C=C(\C#N)C(=O)Nc2ccccc2F)cc2c1OCO2. The molecule has 0 fully saturated rings. The maximum absolute atomic E-state index is 13.6. The van der Waals surface area contributed by atoms with Gasteiger partial charge in [0.2, 0.25) is 12.5 Å². The lowest BCUT2D eigenvalue weighted by atomic mass is 10.1. The Labute approximate surface area is 143 Å². The fourth-order valence-electron chi connectivity index (χ4n) is 2.30. The van der Waals surface area contributed by atoms with Crippen molar-refractivity contribution in [2.75, 3.05) is 19.2 Å². The number of para-hydroxylation sites is 1. The van der Waals surface area contributed by atoms with Crippen molar-refractivity contribution < 1.29 is 23.4 Å². The number of carbonyl (C=O) groups excluding carboxylic acids is 1. The van der Waals surface area contributed by atoms with E-state index in [2.05, 4.69) is 5.32 Å². The van der Waals surface area contributed by atoms with Crippen LogP contribution in [0.1, 0.15) is 5.56 Å². The first-order chi connectivity index (χ1) is 12.1. The van der Waals surface area contributed by atoms with Gasteiger partial charge in [-0.3, -0.25) is 4.79 Å². The molecule has 0 aliphatic carbocycles. The van der Waals surface area contributed by atoms with Gasteiger partial charge in [-0.15, -0.1) is 0 Å². The molecule has 7 heteroatoms. The van der Waals surface area contributed by atoms with Crippen LogP contribution in [0.2, 0.25) is 0 Å². The van der Waals surface area contributed by atoms with Gasteiger partial charge in [0.25, 0.3) is 5.91 Å². The molecule has 0 saturated carbocycles. The van der Waals surface area contributed by atoms with Crippen molar-refractivity contribution in [3.8, 4) is 23.3 Å². The molecule has 0 spiro atoms. The van der Waals surface area contributed by atoms with E-state index in [1.54, 1.807) is 18.2 Å². The minimum absolute atomic E-state index is 0.00285. The number of nitrogens with zero attached hydrogens (tertiary/aromatic N) is 1. The van der Waals surface area contributed by atoms with E-state index in [0.717, 1.165) is 0 Å². The van der Waals surface area contributed by atoms with E-state index in [-0.39, 0.29) is 18.1 Å². The highest BCUT2D eigenvalue weighted by atomic mass is 19.1. The zero-order chi connectivity index (χ0) is 17.8. The Morgan fingerprint density at radius 1 is 1.36 bits per heavy atom. The molecule has 126 valence electrons. The van der Waals surface area contributed by atoms with Crippen LogP contribution in [0.25, 0.3) is 6.08 Å². The first kappa shape index (κ1) is 16.3. The van der Waals surface area contributed by atoms with Crippen LogP contribution in [0.15, 0.2) is 42.0 Å². The predicted octanol–water partition coefficient (Wildman–Crippen LogP) is 3.11. The fraction of sp³-hybridized carbons (Fsp3) is 0.111. The number of hydrogen-bond donors (Lipinski definition) is 1. The highest BCUT2D eigenvalue weighted by Gasteiger charge is 2.20. The smallest absolute Gasteiger partial charge is 0.266 e. The van der Waals surface area contributed by atoms with Crippen LogP contribution in [0.3, 0.4) is 0 Å². The second-order valence-electron chi connectivity index (χ2n) is 5.06. The van der Waals surface area contributed by atoms with Gasteiger partial charge < -0.3 is 19.5 Å². The van der Waals surface area contributed by atoms with Gasteiger partial charge in [0.15, 0.2) is 11.5 Å². The predicted molar refractivity (Wildman–Crippen MR) is 87.7 cm³/mol. The van der Waals surface area contributed by atoms with Crippen molar-refractivity contribution in [3.05, 3.63) is 53.4 Å². The standard InChI is InChI=1S/C18H13FN2O4/c1-23-15-7-11(8-16-17(15)25-10-24-16)6-12(9-20)18(22)21-14-5-3-2-4-13(14)19/h2-8H,10H2,1H3,(H,21,22)/b12-6+. The highest BCUT2D eigenvalue weighted by molar-refractivity contribution is 6.09. The Balaban J connectivity index is 1.89. The summed E-state index contributed by atoms with van der Waals surface area (Å²) in [5, 5.41) is 11.6. The lowest BCUT2D eigenvalue weighted by Gasteiger charge is -2.07. The topological polar surface area (TPSA) is 80.6 Å². The molecule has 0 radical (unpaired) electrons. The molecule has 6 nitrogen and oxygen atoms in total.